The third-order valence-electron chi connectivity index (χ3n) is 12.9. The Labute approximate surface area is 326 Å². The highest BCUT2D eigenvalue weighted by molar-refractivity contribution is 6.43. The maximum absolute atomic E-state index is 17.3. The molecular weight excluding hydrogens is 746 g/mol. The number of amides is 1. The Kier molecular flexibility index (Phi) is 8.36. The highest BCUT2D eigenvalue weighted by atomic mass is 35.5. The van der Waals surface area contributed by atoms with Crippen molar-refractivity contribution in [1.82, 2.24) is 24.8 Å². The zero-order valence-corrected chi connectivity index (χ0v) is 31.6. The van der Waals surface area contributed by atoms with Crippen LogP contribution in [-0.2, 0) is 11.2 Å². The molecule has 3 aromatic heterocycles. The van der Waals surface area contributed by atoms with Gasteiger partial charge in [0.2, 0.25) is 5.91 Å². The quantitative estimate of drug-likeness (QED) is 0.169. The van der Waals surface area contributed by atoms with Crippen LogP contribution in [0.15, 0.2) is 48.7 Å². The molecule has 55 heavy (non-hydrogen) atoms. The van der Waals surface area contributed by atoms with Crippen molar-refractivity contribution in [2.24, 2.45) is 17.8 Å². The highest BCUT2D eigenvalue weighted by Crippen LogP contribution is 2.54. The second kappa shape index (κ2) is 13.1. The van der Waals surface area contributed by atoms with Crippen molar-refractivity contribution in [2.75, 3.05) is 24.5 Å². The van der Waals surface area contributed by atoms with Crippen molar-refractivity contribution in [3.05, 3.63) is 87.2 Å². The molecule has 4 bridgehead atoms. The van der Waals surface area contributed by atoms with E-state index in [1.807, 2.05) is 13.0 Å². The van der Waals surface area contributed by atoms with Gasteiger partial charge in [-0.05, 0) is 80.8 Å². The maximum Gasteiger partial charge on any atom is 0.280 e. The van der Waals surface area contributed by atoms with Crippen molar-refractivity contribution in [2.45, 2.75) is 76.0 Å². The lowest BCUT2D eigenvalue weighted by Gasteiger charge is -2.40. The molecule has 1 N–H and O–H groups in total. The lowest BCUT2D eigenvalue weighted by atomic mass is 9.79. The summed E-state index contributed by atoms with van der Waals surface area (Å²) in [6, 6.07) is 14.7. The van der Waals surface area contributed by atoms with Crippen LogP contribution in [0.1, 0.15) is 73.3 Å². The first-order chi connectivity index (χ1) is 26.6. The molecule has 1 amide bonds. The molecule has 4 aliphatic heterocycles. The molecule has 2 saturated carbocycles. The van der Waals surface area contributed by atoms with Gasteiger partial charge in [0, 0.05) is 89.1 Å². The number of carbonyl (C=O) groups is 1. The van der Waals surface area contributed by atoms with E-state index in [0.717, 1.165) is 48.8 Å². The first-order valence-corrected chi connectivity index (χ1v) is 19.9. The number of rotatable bonds is 8. The molecule has 282 valence electrons. The van der Waals surface area contributed by atoms with Crippen LogP contribution in [0.4, 0.5) is 18.9 Å². The van der Waals surface area contributed by atoms with Crippen molar-refractivity contribution in [3.63, 3.8) is 0 Å². The molecule has 6 unspecified atom stereocenters. The van der Waals surface area contributed by atoms with Crippen LogP contribution in [0.5, 0.6) is 0 Å². The average Bonchev–Trinajstić information content (AvgIpc) is 3.46. The Morgan fingerprint density at radius 1 is 1.09 bits per heavy atom. The van der Waals surface area contributed by atoms with Crippen molar-refractivity contribution in [3.8, 4) is 17.2 Å². The van der Waals surface area contributed by atoms with Gasteiger partial charge >= 0.3 is 0 Å². The maximum atomic E-state index is 17.3. The summed E-state index contributed by atoms with van der Waals surface area (Å²) < 4.78 is 47.2. The molecule has 6 fully saturated rings. The lowest BCUT2D eigenvalue weighted by molar-refractivity contribution is -0.135. The van der Waals surface area contributed by atoms with Crippen molar-refractivity contribution >= 4 is 56.6 Å². The largest absolute Gasteiger partial charge is 0.369 e. The van der Waals surface area contributed by atoms with E-state index in [9.17, 15) is 18.8 Å². The molecule has 8 nitrogen and oxygen atoms in total. The number of nitrogens with one attached hydrogen (secondary N) is 1. The Morgan fingerprint density at radius 3 is 2.65 bits per heavy atom. The number of likely N-dealkylation sites (tertiary alicyclic amines) is 1. The smallest absolute Gasteiger partial charge is 0.280 e. The van der Waals surface area contributed by atoms with Gasteiger partial charge in [0.15, 0.2) is 5.82 Å². The predicted octanol–water partition coefficient (Wildman–Crippen LogP) is 9.12. The first kappa shape index (κ1) is 35.1. The molecule has 0 spiro atoms. The van der Waals surface area contributed by atoms with Crippen LogP contribution in [-0.4, -0.2) is 57.1 Å². The summed E-state index contributed by atoms with van der Waals surface area (Å²) in [5.74, 6) is 0.0180. The number of hydrogen-bond donors (Lipinski definition) is 1. The van der Waals surface area contributed by atoms with E-state index >= 15 is 4.39 Å². The van der Waals surface area contributed by atoms with Crippen molar-refractivity contribution in [1.29, 1.82) is 5.26 Å². The number of carbonyl (C=O) groups excluding carboxylic acids is 1. The van der Waals surface area contributed by atoms with Crippen LogP contribution in [0.25, 0.3) is 32.9 Å². The SMILES string of the molecule is Cc1nc2c(F)c(-c3cccc(Cl)c3Cl)c(CCC#N)cc2c2c1cc(C1C3CC(CN(c4ccnc(C(F)F)c4)C3)N1C(=O)C1CC1)n2C1C2CNC1C2. The first-order valence-electron chi connectivity index (χ1n) is 19.1. The lowest BCUT2D eigenvalue weighted by Crippen LogP contribution is -2.45. The fourth-order valence-corrected chi connectivity index (χ4v) is 10.7. The van der Waals surface area contributed by atoms with Gasteiger partial charge in [-0.25, -0.2) is 18.2 Å². The predicted molar refractivity (Wildman–Crippen MR) is 206 cm³/mol. The van der Waals surface area contributed by atoms with E-state index in [1.54, 1.807) is 24.3 Å². The van der Waals surface area contributed by atoms with E-state index < -0.39 is 12.2 Å². The number of pyridine rings is 2. The van der Waals surface area contributed by atoms with Gasteiger partial charge in [-0.1, -0.05) is 35.3 Å². The number of anilines is 1. The van der Waals surface area contributed by atoms with Gasteiger partial charge in [-0.2, -0.15) is 5.26 Å². The number of alkyl halides is 2. The number of hydrogen-bond acceptors (Lipinski definition) is 6. The Balaban J connectivity index is 1.19. The van der Waals surface area contributed by atoms with Crippen LogP contribution in [0, 0.1) is 41.8 Å². The minimum atomic E-state index is -2.68. The Bertz CT molecular complexity index is 2450. The molecule has 0 radical (unpaired) electrons. The average molecular weight is 785 g/mol. The molecule has 11 rings (SSSR count). The summed E-state index contributed by atoms with van der Waals surface area (Å²) in [7, 11) is 0. The van der Waals surface area contributed by atoms with Gasteiger partial charge in [0.05, 0.1) is 39.8 Å². The second-order valence-corrected chi connectivity index (χ2v) is 16.8. The number of halogens is 5. The Morgan fingerprint density at radius 2 is 1.93 bits per heavy atom. The fourth-order valence-electron chi connectivity index (χ4n) is 10.3. The van der Waals surface area contributed by atoms with Crippen LogP contribution < -0.4 is 10.2 Å². The second-order valence-electron chi connectivity index (χ2n) is 16.0. The van der Waals surface area contributed by atoms with Crippen molar-refractivity contribution < 1.29 is 18.0 Å². The minimum Gasteiger partial charge on any atom is -0.369 e. The minimum absolute atomic E-state index is 0.0150. The molecule has 6 atom stereocenters. The van der Waals surface area contributed by atoms with E-state index in [4.69, 9.17) is 28.2 Å². The van der Waals surface area contributed by atoms with Crippen LogP contribution in [0.2, 0.25) is 10.0 Å². The van der Waals surface area contributed by atoms with Gasteiger partial charge in [0.1, 0.15) is 11.2 Å². The summed E-state index contributed by atoms with van der Waals surface area (Å²) in [6.07, 6.45) is 2.80. The summed E-state index contributed by atoms with van der Waals surface area (Å²) >= 11 is 13.1. The van der Waals surface area contributed by atoms with Crippen LogP contribution >= 0.6 is 23.2 Å². The van der Waals surface area contributed by atoms with E-state index in [2.05, 4.69) is 36.8 Å². The summed E-state index contributed by atoms with van der Waals surface area (Å²) in [6.45, 7) is 3.92. The molecule has 13 heteroatoms. The molecule has 2 aliphatic carbocycles. The number of nitrogens with zero attached hydrogens (tertiary/aromatic N) is 6. The molecule has 6 aliphatic rings. The molecule has 4 saturated heterocycles. The van der Waals surface area contributed by atoms with E-state index in [-0.39, 0.29) is 64.6 Å². The fraction of sp³-hybridized carbons (Fsp3) is 0.429. The number of piperidine rings is 1. The summed E-state index contributed by atoms with van der Waals surface area (Å²) in [4.78, 5) is 27.5. The summed E-state index contributed by atoms with van der Waals surface area (Å²) in [5.41, 5.74) is 4.60. The topological polar surface area (TPSA) is 90.1 Å². The number of benzene rings is 2. The summed E-state index contributed by atoms with van der Waals surface area (Å²) in [5, 5.41) is 15.4. The van der Waals surface area contributed by atoms with Gasteiger partial charge in [-0.3, -0.25) is 9.78 Å². The van der Waals surface area contributed by atoms with E-state index in [0.29, 0.717) is 63.9 Å². The molecule has 2 aromatic carbocycles. The van der Waals surface area contributed by atoms with Crippen LogP contribution in [0.3, 0.4) is 0 Å². The van der Waals surface area contributed by atoms with E-state index in [1.165, 1.54) is 12.3 Å². The zero-order chi connectivity index (χ0) is 37.9. The highest BCUT2D eigenvalue weighted by Gasteiger charge is 2.55. The number of fused-ring (bicyclic) bond motifs is 6. The number of nitriles is 1. The Hall–Kier alpha value is -4.37. The standard InChI is InChI=1S/C42H38Cl2F3N7O/c1-20-28-16-33(39-24-12-26(53(39)42(55)21-7-8-21)19-52(18-24)25-9-11-49-32(15-25)41(46)47)54(38-23-14-31(38)50-17-23)40(28)29-13-22(4-3-10-48)34(36(45)37(29)51-20)27-5-2-6-30(43)35(27)44/h2,5-6,9,11,13,15-16,21,23-24,26,31,38-39,41,50H,3-4,7-8,12,14,17-19H2,1H3. The van der Waals surface area contributed by atoms with Gasteiger partial charge < -0.3 is 19.7 Å². The van der Waals surface area contributed by atoms with Gasteiger partial charge in [0.25, 0.3) is 6.43 Å². The number of aryl methyl sites for hydroxylation is 2. The normalized spacial score (nSPS) is 25.6. The molecule has 7 heterocycles. The number of aromatic nitrogens is 3. The zero-order valence-electron chi connectivity index (χ0n) is 30.1. The third-order valence-corrected chi connectivity index (χ3v) is 13.7. The molecule has 5 aromatic rings. The molecular formula is C42H38Cl2F3N7O. The van der Waals surface area contributed by atoms with Gasteiger partial charge in [-0.15, -0.1) is 0 Å². The third kappa shape index (κ3) is 5.46. The monoisotopic (exact) mass is 783 g/mol.